The molecule has 0 saturated carbocycles. The van der Waals surface area contributed by atoms with E-state index in [2.05, 4.69) is 42.3 Å². The number of benzene rings is 1. The molecule has 1 rings (SSSR count). The number of likely N-dealkylation sites (N-methyl/N-ethyl adjacent to an activating group) is 1. The molecule has 1 aromatic rings. The van der Waals surface area contributed by atoms with E-state index < -0.39 is 0 Å². The summed E-state index contributed by atoms with van der Waals surface area (Å²) in [5.74, 6) is 0.952. The number of rotatable bonds is 9. The third-order valence-corrected chi connectivity index (χ3v) is 3.69. The van der Waals surface area contributed by atoms with Gasteiger partial charge < -0.3 is 14.8 Å². The van der Waals surface area contributed by atoms with Crippen LogP contribution in [0.5, 0.6) is 5.75 Å². The van der Waals surface area contributed by atoms with Crippen LogP contribution in [0.1, 0.15) is 31.0 Å². The predicted octanol–water partition coefficient (Wildman–Crippen LogP) is 2.44. The monoisotopic (exact) mass is 280 g/mol. The first-order chi connectivity index (χ1) is 9.65. The molecule has 0 spiro atoms. The number of hydrogen-bond acceptors (Lipinski definition) is 4. The lowest BCUT2D eigenvalue weighted by Gasteiger charge is -2.22. The summed E-state index contributed by atoms with van der Waals surface area (Å²) < 4.78 is 10.7. The van der Waals surface area contributed by atoms with E-state index in [0.717, 1.165) is 32.0 Å². The molecule has 0 aliphatic carbocycles. The second-order valence-corrected chi connectivity index (χ2v) is 4.94. The molecule has 0 saturated heterocycles. The smallest absolute Gasteiger partial charge is 0.123 e. The Balaban J connectivity index is 2.89. The van der Waals surface area contributed by atoms with Crippen molar-refractivity contribution < 1.29 is 9.47 Å². The van der Waals surface area contributed by atoms with Gasteiger partial charge in [-0.25, -0.2) is 0 Å². The Morgan fingerprint density at radius 1 is 1.30 bits per heavy atom. The molecule has 0 amide bonds. The van der Waals surface area contributed by atoms with Crippen molar-refractivity contribution in [3.8, 4) is 5.75 Å². The minimum atomic E-state index is 0.341. The van der Waals surface area contributed by atoms with Crippen LogP contribution in [0.3, 0.4) is 0 Å². The van der Waals surface area contributed by atoms with Gasteiger partial charge in [0, 0.05) is 31.8 Å². The highest BCUT2D eigenvalue weighted by molar-refractivity contribution is 5.38. The van der Waals surface area contributed by atoms with Gasteiger partial charge in [0.05, 0.1) is 13.7 Å². The van der Waals surface area contributed by atoms with Gasteiger partial charge in [-0.05, 0) is 38.2 Å². The van der Waals surface area contributed by atoms with Gasteiger partial charge in [0.2, 0.25) is 0 Å². The number of nitrogens with one attached hydrogen (secondary N) is 1. The Morgan fingerprint density at radius 3 is 2.60 bits per heavy atom. The van der Waals surface area contributed by atoms with Crippen LogP contribution < -0.4 is 10.1 Å². The molecule has 0 radical (unpaired) electrons. The largest absolute Gasteiger partial charge is 0.496 e. The minimum absolute atomic E-state index is 0.341. The molecule has 114 valence electrons. The maximum absolute atomic E-state index is 5.49. The Morgan fingerprint density at radius 2 is 2.05 bits per heavy atom. The third kappa shape index (κ3) is 4.78. The molecule has 0 aromatic heterocycles. The van der Waals surface area contributed by atoms with Crippen molar-refractivity contribution in [1.29, 1.82) is 0 Å². The maximum Gasteiger partial charge on any atom is 0.123 e. The van der Waals surface area contributed by atoms with Gasteiger partial charge in [-0.3, -0.25) is 4.90 Å². The van der Waals surface area contributed by atoms with Gasteiger partial charge in [-0.15, -0.1) is 0 Å². The summed E-state index contributed by atoms with van der Waals surface area (Å²) in [6.45, 7) is 7.90. The summed E-state index contributed by atoms with van der Waals surface area (Å²) in [7, 11) is 5.45. The van der Waals surface area contributed by atoms with Crippen molar-refractivity contribution in [2.45, 2.75) is 26.4 Å². The molecule has 20 heavy (non-hydrogen) atoms. The minimum Gasteiger partial charge on any atom is -0.496 e. The molecule has 0 heterocycles. The van der Waals surface area contributed by atoms with Crippen LogP contribution in [0.4, 0.5) is 0 Å². The standard InChI is InChI=1S/C16H28N2O2/c1-6-18(9-10-19-4)12-15-11-14(13(2)17-3)7-8-16(15)20-5/h7-8,11,13,17H,6,9-10,12H2,1-5H3. The summed E-state index contributed by atoms with van der Waals surface area (Å²) in [6, 6.07) is 6.75. The Bertz CT molecular complexity index is 396. The highest BCUT2D eigenvalue weighted by Gasteiger charge is 2.11. The van der Waals surface area contributed by atoms with E-state index >= 15 is 0 Å². The molecule has 0 aliphatic rings. The first-order valence-corrected chi connectivity index (χ1v) is 7.21. The summed E-state index contributed by atoms with van der Waals surface area (Å²) >= 11 is 0. The molecule has 0 aliphatic heterocycles. The highest BCUT2D eigenvalue weighted by Crippen LogP contribution is 2.24. The zero-order chi connectivity index (χ0) is 15.0. The van der Waals surface area contributed by atoms with Gasteiger partial charge >= 0.3 is 0 Å². The van der Waals surface area contributed by atoms with Gasteiger partial charge in [-0.1, -0.05) is 13.0 Å². The van der Waals surface area contributed by atoms with E-state index in [4.69, 9.17) is 9.47 Å². The average molecular weight is 280 g/mol. The normalized spacial score (nSPS) is 12.7. The molecule has 1 aromatic carbocycles. The summed E-state index contributed by atoms with van der Waals surface area (Å²) in [4.78, 5) is 2.36. The fraction of sp³-hybridized carbons (Fsp3) is 0.625. The zero-order valence-corrected chi connectivity index (χ0v) is 13.4. The van der Waals surface area contributed by atoms with Crippen LogP contribution >= 0.6 is 0 Å². The molecule has 1 unspecified atom stereocenters. The van der Waals surface area contributed by atoms with E-state index in [0.29, 0.717) is 6.04 Å². The third-order valence-electron chi connectivity index (χ3n) is 3.69. The fourth-order valence-corrected chi connectivity index (χ4v) is 2.17. The number of nitrogens with zero attached hydrogens (tertiary/aromatic N) is 1. The van der Waals surface area contributed by atoms with E-state index in [1.165, 1.54) is 11.1 Å². The second kappa shape index (κ2) is 8.95. The lowest BCUT2D eigenvalue weighted by atomic mass is 10.0. The van der Waals surface area contributed by atoms with Gasteiger partial charge in [-0.2, -0.15) is 0 Å². The topological polar surface area (TPSA) is 33.7 Å². The van der Waals surface area contributed by atoms with Crippen molar-refractivity contribution in [3.05, 3.63) is 29.3 Å². The predicted molar refractivity (Wildman–Crippen MR) is 83.3 cm³/mol. The first kappa shape index (κ1) is 17.0. The second-order valence-electron chi connectivity index (χ2n) is 4.94. The van der Waals surface area contributed by atoms with Gasteiger partial charge in [0.15, 0.2) is 0 Å². The molecule has 0 bridgehead atoms. The highest BCUT2D eigenvalue weighted by atomic mass is 16.5. The Kier molecular flexibility index (Phi) is 7.59. The molecule has 1 N–H and O–H groups in total. The molecule has 4 heteroatoms. The molecular formula is C16H28N2O2. The first-order valence-electron chi connectivity index (χ1n) is 7.21. The van der Waals surface area contributed by atoms with Crippen molar-refractivity contribution in [3.63, 3.8) is 0 Å². The Labute approximate surface area is 123 Å². The van der Waals surface area contributed by atoms with Crippen LogP contribution in [0.15, 0.2) is 18.2 Å². The van der Waals surface area contributed by atoms with E-state index in [1.807, 2.05) is 7.05 Å². The van der Waals surface area contributed by atoms with E-state index in [1.54, 1.807) is 14.2 Å². The molecule has 1 atom stereocenters. The lowest BCUT2D eigenvalue weighted by molar-refractivity contribution is 0.147. The van der Waals surface area contributed by atoms with E-state index in [-0.39, 0.29) is 0 Å². The number of hydrogen-bond donors (Lipinski definition) is 1. The zero-order valence-electron chi connectivity index (χ0n) is 13.4. The summed E-state index contributed by atoms with van der Waals surface area (Å²) in [6.07, 6.45) is 0. The summed E-state index contributed by atoms with van der Waals surface area (Å²) in [5, 5.41) is 3.27. The van der Waals surface area contributed by atoms with Crippen LogP contribution in [0.25, 0.3) is 0 Å². The fourth-order valence-electron chi connectivity index (χ4n) is 2.17. The molecular weight excluding hydrogens is 252 g/mol. The molecule has 0 fully saturated rings. The number of ether oxygens (including phenoxy) is 2. The van der Waals surface area contributed by atoms with Crippen LogP contribution in [0, 0.1) is 0 Å². The van der Waals surface area contributed by atoms with E-state index in [9.17, 15) is 0 Å². The average Bonchev–Trinajstić information content (AvgIpc) is 2.50. The van der Waals surface area contributed by atoms with Gasteiger partial charge in [0.1, 0.15) is 5.75 Å². The SMILES string of the molecule is CCN(CCOC)Cc1cc(C(C)NC)ccc1OC. The van der Waals surface area contributed by atoms with Gasteiger partial charge in [0.25, 0.3) is 0 Å². The van der Waals surface area contributed by atoms with Crippen LogP contribution in [-0.2, 0) is 11.3 Å². The molecule has 4 nitrogen and oxygen atoms in total. The van der Waals surface area contributed by atoms with Crippen molar-refractivity contribution in [2.75, 3.05) is 41.0 Å². The van der Waals surface area contributed by atoms with Crippen molar-refractivity contribution in [1.82, 2.24) is 10.2 Å². The van der Waals surface area contributed by atoms with Crippen molar-refractivity contribution in [2.24, 2.45) is 0 Å². The lowest BCUT2D eigenvalue weighted by Crippen LogP contribution is -2.27. The Hall–Kier alpha value is -1.10. The van der Waals surface area contributed by atoms with Crippen LogP contribution in [-0.4, -0.2) is 45.9 Å². The summed E-state index contributed by atoms with van der Waals surface area (Å²) in [5.41, 5.74) is 2.51. The quantitative estimate of drug-likeness (QED) is 0.753. The van der Waals surface area contributed by atoms with Crippen LogP contribution in [0.2, 0.25) is 0 Å². The number of methoxy groups -OCH3 is 2. The van der Waals surface area contributed by atoms with Crippen molar-refractivity contribution >= 4 is 0 Å². The maximum atomic E-state index is 5.49.